The van der Waals surface area contributed by atoms with Crippen LogP contribution in [0.2, 0.25) is 0 Å². The Balaban J connectivity index is 2.70. The van der Waals surface area contributed by atoms with Crippen molar-refractivity contribution in [2.75, 3.05) is 19.0 Å². The maximum atomic E-state index is 11.1. The van der Waals surface area contributed by atoms with Gasteiger partial charge in [0.15, 0.2) is 6.29 Å². The Bertz CT molecular complexity index is 620. The molecule has 7 heteroatoms. The second kappa shape index (κ2) is 5.57. The van der Waals surface area contributed by atoms with Crippen LogP contribution in [0.4, 0.5) is 5.69 Å². The second-order valence-corrected chi connectivity index (χ2v) is 4.02. The van der Waals surface area contributed by atoms with Crippen molar-refractivity contribution in [1.29, 1.82) is 5.41 Å². The van der Waals surface area contributed by atoms with Crippen molar-refractivity contribution in [2.45, 2.75) is 13.0 Å². The lowest BCUT2D eigenvalue weighted by atomic mass is 10.1. The first-order chi connectivity index (χ1) is 9.26. The standard InChI is InChI=1S/C12H15N5O2/c1-14-11-9(6-13)8(7-19)5-10-12(11)17(16-15-10)3-2-4-18/h5-7,13-14,18H,2-4H2,1H3. The first kappa shape index (κ1) is 13.2. The molecule has 0 saturated heterocycles. The number of hydrogen-bond acceptors (Lipinski definition) is 6. The van der Waals surface area contributed by atoms with Crippen LogP contribution in [0.3, 0.4) is 0 Å². The zero-order valence-electron chi connectivity index (χ0n) is 10.6. The second-order valence-electron chi connectivity index (χ2n) is 4.02. The molecule has 100 valence electrons. The highest BCUT2D eigenvalue weighted by atomic mass is 16.3. The number of hydrogen-bond donors (Lipinski definition) is 3. The van der Waals surface area contributed by atoms with E-state index in [-0.39, 0.29) is 6.61 Å². The molecule has 0 radical (unpaired) electrons. The number of anilines is 1. The van der Waals surface area contributed by atoms with Crippen molar-refractivity contribution in [1.82, 2.24) is 15.0 Å². The third-order valence-electron chi connectivity index (χ3n) is 2.92. The summed E-state index contributed by atoms with van der Waals surface area (Å²) in [5, 5.41) is 27.4. The normalized spacial score (nSPS) is 10.6. The topological polar surface area (TPSA) is 104 Å². The van der Waals surface area contributed by atoms with Crippen LogP contribution in [0.5, 0.6) is 0 Å². The molecule has 0 aliphatic heterocycles. The van der Waals surface area contributed by atoms with Crippen LogP contribution in [0.25, 0.3) is 11.0 Å². The molecule has 2 rings (SSSR count). The number of fused-ring (bicyclic) bond motifs is 1. The van der Waals surface area contributed by atoms with E-state index in [1.165, 1.54) is 0 Å². The highest BCUT2D eigenvalue weighted by Gasteiger charge is 2.16. The van der Waals surface area contributed by atoms with Crippen molar-refractivity contribution in [3.8, 4) is 0 Å². The maximum absolute atomic E-state index is 11.1. The molecule has 0 spiro atoms. The van der Waals surface area contributed by atoms with Gasteiger partial charge in [-0.25, -0.2) is 4.68 Å². The third-order valence-corrected chi connectivity index (χ3v) is 2.92. The summed E-state index contributed by atoms with van der Waals surface area (Å²) in [7, 11) is 1.72. The van der Waals surface area contributed by atoms with Gasteiger partial charge in [0.2, 0.25) is 0 Å². The number of aromatic nitrogens is 3. The Hall–Kier alpha value is -2.28. The van der Waals surface area contributed by atoms with E-state index in [4.69, 9.17) is 10.5 Å². The quantitative estimate of drug-likeness (QED) is 0.523. The van der Waals surface area contributed by atoms with Gasteiger partial charge >= 0.3 is 0 Å². The van der Waals surface area contributed by atoms with Crippen molar-refractivity contribution < 1.29 is 9.90 Å². The largest absolute Gasteiger partial charge is 0.396 e. The summed E-state index contributed by atoms with van der Waals surface area (Å²) in [6, 6.07) is 1.62. The van der Waals surface area contributed by atoms with Crippen molar-refractivity contribution in [3.05, 3.63) is 17.2 Å². The molecule has 0 saturated carbocycles. The molecule has 1 aromatic heterocycles. The van der Waals surface area contributed by atoms with E-state index in [1.54, 1.807) is 17.8 Å². The minimum absolute atomic E-state index is 0.0695. The number of aliphatic hydroxyl groups excluding tert-OH is 1. The van der Waals surface area contributed by atoms with Gasteiger partial charge in [-0.2, -0.15) is 0 Å². The number of rotatable bonds is 6. The van der Waals surface area contributed by atoms with Gasteiger partial charge in [0.05, 0.1) is 5.69 Å². The minimum atomic E-state index is 0.0695. The van der Waals surface area contributed by atoms with Gasteiger partial charge in [0.1, 0.15) is 11.0 Å². The third kappa shape index (κ3) is 2.19. The van der Waals surface area contributed by atoms with Crippen LogP contribution >= 0.6 is 0 Å². The molecule has 0 unspecified atom stereocenters. The first-order valence-corrected chi connectivity index (χ1v) is 5.91. The average molecular weight is 261 g/mol. The van der Waals surface area contributed by atoms with E-state index >= 15 is 0 Å². The zero-order chi connectivity index (χ0) is 13.8. The molecular weight excluding hydrogens is 246 g/mol. The lowest BCUT2D eigenvalue weighted by Crippen LogP contribution is -2.06. The molecule has 0 atom stereocenters. The molecule has 1 aromatic carbocycles. The predicted molar refractivity (Wildman–Crippen MR) is 72.1 cm³/mol. The van der Waals surface area contributed by atoms with E-state index in [0.717, 1.165) is 11.7 Å². The number of nitrogens with zero attached hydrogens (tertiary/aromatic N) is 3. The van der Waals surface area contributed by atoms with Crippen LogP contribution in [0.1, 0.15) is 22.3 Å². The molecule has 2 aromatic rings. The summed E-state index contributed by atoms with van der Waals surface area (Å²) in [6.45, 7) is 0.597. The van der Waals surface area contributed by atoms with Crippen LogP contribution in [0, 0.1) is 5.41 Å². The van der Waals surface area contributed by atoms with Gasteiger partial charge in [0.25, 0.3) is 0 Å². The van der Waals surface area contributed by atoms with E-state index in [2.05, 4.69) is 15.6 Å². The number of carbonyl (C=O) groups excluding carboxylic acids is 1. The molecule has 19 heavy (non-hydrogen) atoms. The van der Waals surface area contributed by atoms with Gasteiger partial charge < -0.3 is 15.8 Å². The van der Waals surface area contributed by atoms with E-state index < -0.39 is 0 Å². The monoisotopic (exact) mass is 261 g/mol. The van der Waals surface area contributed by atoms with Crippen LogP contribution in [-0.2, 0) is 6.54 Å². The Labute approximate surface area is 109 Å². The molecule has 0 aliphatic rings. The highest BCUT2D eigenvalue weighted by molar-refractivity contribution is 6.06. The summed E-state index contributed by atoms with van der Waals surface area (Å²) >= 11 is 0. The number of aliphatic hydroxyl groups is 1. The van der Waals surface area contributed by atoms with Gasteiger partial charge in [-0.3, -0.25) is 4.79 Å². The van der Waals surface area contributed by atoms with Gasteiger partial charge in [0, 0.05) is 37.5 Å². The summed E-state index contributed by atoms with van der Waals surface area (Å²) in [5.41, 5.74) is 2.89. The fraction of sp³-hybridized carbons (Fsp3) is 0.333. The van der Waals surface area contributed by atoms with Crippen molar-refractivity contribution in [2.24, 2.45) is 0 Å². The van der Waals surface area contributed by atoms with Crippen molar-refractivity contribution in [3.63, 3.8) is 0 Å². The molecule has 0 fully saturated rings. The molecule has 1 heterocycles. The van der Waals surface area contributed by atoms with Gasteiger partial charge in [-0.1, -0.05) is 5.21 Å². The Morgan fingerprint density at radius 3 is 2.95 bits per heavy atom. The summed E-state index contributed by atoms with van der Waals surface area (Å²) < 4.78 is 1.67. The number of nitrogens with one attached hydrogen (secondary N) is 2. The number of carbonyl (C=O) groups is 1. The highest BCUT2D eigenvalue weighted by Crippen LogP contribution is 2.27. The molecule has 0 amide bonds. The Kier molecular flexibility index (Phi) is 3.86. The Morgan fingerprint density at radius 1 is 1.58 bits per heavy atom. The van der Waals surface area contributed by atoms with E-state index in [1.807, 2.05) is 0 Å². The van der Waals surface area contributed by atoms with E-state index in [0.29, 0.717) is 41.6 Å². The lowest BCUT2D eigenvalue weighted by Gasteiger charge is -2.10. The zero-order valence-corrected chi connectivity index (χ0v) is 10.6. The summed E-state index contributed by atoms with van der Waals surface area (Å²) in [6.07, 6.45) is 2.41. The van der Waals surface area contributed by atoms with Crippen LogP contribution in [-0.4, -0.2) is 46.3 Å². The minimum Gasteiger partial charge on any atom is -0.396 e. The smallest absolute Gasteiger partial charge is 0.150 e. The first-order valence-electron chi connectivity index (χ1n) is 5.91. The average Bonchev–Trinajstić information content (AvgIpc) is 2.85. The molecule has 0 aliphatic carbocycles. The fourth-order valence-electron chi connectivity index (χ4n) is 2.06. The van der Waals surface area contributed by atoms with Gasteiger partial charge in [-0.15, -0.1) is 5.10 Å². The van der Waals surface area contributed by atoms with Gasteiger partial charge in [-0.05, 0) is 12.5 Å². The van der Waals surface area contributed by atoms with Crippen LogP contribution in [0.15, 0.2) is 6.07 Å². The lowest BCUT2D eigenvalue weighted by molar-refractivity contribution is 0.112. The molecule has 3 N–H and O–H groups in total. The number of aryl methyl sites for hydroxylation is 1. The number of benzene rings is 1. The summed E-state index contributed by atoms with van der Waals surface area (Å²) in [5.74, 6) is 0. The van der Waals surface area contributed by atoms with E-state index in [9.17, 15) is 4.79 Å². The number of aldehydes is 1. The molecule has 7 nitrogen and oxygen atoms in total. The summed E-state index contributed by atoms with van der Waals surface area (Å²) in [4.78, 5) is 11.1. The Morgan fingerprint density at radius 2 is 2.37 bits per heavy atom. The molecule has 0 bridgehead atoms. The van der Waals surface area contributed by atoms with Crippen LogP contribution < -0.4 is 5.32 Å². The fourth-order valence-corrected chi connectivity index (χ4v) is 2.06. The maximum Gasteiger partial charge on any atom is 0.150 e. The van der Waals surface area contributed by atoms with Crippen molar-refractivity contribution >= 4 is 29.2 Å². The SMILES string of the molecule is CNc1c(C=N)c(C=O)cc2nnn(CCCO)c12. The molecular formula is C12H15N5O2. The predicted octanol–water partition coefficient (Wildman–Crippen LogP) is 0.666.